The zero-order chi connectivity index (χ0) is 41.2. The molecule has 0 bridgehead atoms. The molecule has 0 aromatic heterocycles. The van der Waals surface area contributed by atoms with E-state index in [0.29, 0.717) is 54.4 Å². The molecule has 2 heterocycles. The lowest BCUT2D eigenvalue weighted by atomic mass is 9.85. The summed E-state index contributed by atoms with van der Waals surface area (Å²) in [4.78, 5) is 0. The van der Waals surface area contributed by atoms with Crippen LogP contribution < -0.4 is 9.47 Å². The highest BCUT2D eigenvalue weighted by molar-refractivity contribution is 5.50. The van der Waals surface area contributed by atoms with Gasteiger partial charge < -0.3 is 38.3 Å². The van der Waals surface area contributed by atoms with E-state index in [2.05, 4.69) is 0 Å². The molecular formula is C51H51FO8. The predicted octanol–water partition coefficient (Wildman–Crippen LogP) is 9.27. The Kier molecular flexibility index (Phi) is 13.6. The maximum absolute atomic E-state index is 15.6. The van der Waals surface area contributed by atoms with Crippen molar-refractivity contribution in [3.05, 3.63) is 202 Å². The normalized spacial score (nSPS) is 21.0. The molecule has 0 radical (unpaired) electrons. The van der Waals surface area contributed by atoms with Crippen LogP contribution in [0.2, 0.25) is 0 Å². The van der Waals surface area contributed by atoms with E-state index in [-0.39, 0.29) is 32.8 Å². The van der Waals surface area contributed by atoms with E-state index in [1.54, 1.807) is 12.1 Å². The van der Waals surface area contributed by atoms with Crippen molar-refractivity contribution in [2.75, 3.05) is 19.8 Å². The zero-order valence-corrected chi connectivity index (χ0v) is 33.8. The first-order chi connectivity index (χ1) is 29.5. The molecule has 60 heavy (non-hydrogen) atoms. The standard InChI is InChI=1S/C51H51FO8/c1-2-55-44-24-23-40(45(52)30-44)27-42-29-43(28-41-25-26-56-47(41)42)51(53)50(59-34-39-21-13-6-14-22-39)49(58-33-38-19-11-5-12-20-38)48(57-32-37-17-9-4-10-18-37)46(60-51)35-54-31-36-15-7-3-8-16-36/h3-24,28-30,46,48-50,53H,2,25-27,31-35H2,1H3/t46-,48-,49+,50-,51?/m1/s1. The highest BCUT2D eigenvalue weighted by Crippen LogP contribution is 2.45. The Morgan fingerprint density at radius 2 is 1.22 bits per heavy atom. The smallest absolute Gasteiger partial charge is 0.222 e. The van der Waals surface area contributed by atoms with Crippen LogP contribution in [0.25, 0.3) is 0 Å². The summed E-state index contributed by atoms with van der Waals surface area (Å²) in [6.07, 6.45) is -2.73. The summed E-state index contributed by atoms with van der Waals surface area (Å²) in [5.41, 5.74) is 6.32. The van der Waals surface area contributed by atoms with E-state index < -0.39 is 36.0 Å². The number of hydrogen-bond acceptors (Lipinski definition) is 8. The zero-order valence-electron chi connectivity index (χ0n) is 33.8. The molecule has 0 saturated carbocycles. The fraction of sp³-hybridized carbons (Fsp3) is 0.294. The molecule has 0 spiro atoms. The maximum Gasteiger partial charge on any atom is 0.222 e. The Hall–Kier alpha value is -5.39. The minimum atomic E-state index is -2.09. The van der Waals surface area contributed by atoms with Crippen LogP contribution in [0.3, 0.4) is 0 Å². The van der Waals surface area contributed by atoms with Gasteiger partial charge in [0, 0.05) is 24.5 Å². The monoisotopic (exact) mass is 810 g/mol. The van der Waals surface area contributed by atoms with Crippen molar-refractivity contribution in [1.29, 1.82) is 0 Å². The first-order valence-electron chi connectivity index (χ1n) is 20.7. The largest absolute Gasteiger partial charge is 0.494 e. The van der Waals surface area contributed by atoms with Gasteiger partial charge in [0.15, 0.2) is 0 Å². The minimum Gasteiger partial charge on any atom is -0.494 e. The van der Waals surface area contributed by atoms with Gasteiger partial charge in [-0.25, -0.2) is 4.39 Å². The summed E-state index contributed by atoms with van der Waals surface area (Å²) < 4.78 is 61.3. The molecule has 0 aliphatic carbocycles. The Bertz CT molecular complexity index is 2260. The molecule has 1 saturated heterocycles. The minimum absolute atomic E-state index is 0.0750. The number of rotatable bonds is 18. The van der Waals surface area contributed by atoms with Crippen molar-refractivity contribution in [2.45, 2.75) is 76.4 Å². The lowest BCUT2D eigenvalue weighted by Gasteiger charge is -2.50. The van der Waals surface area contributed by atoms with Gasteiger partial charge in [-0.1, -0.05) is 127 Å². The summed E-state index contributed by atoms with van der Waals surface area (Å²) in [7, 11) is 0. The van der Waals surface area contributed by atoms with E-state index >= 15 is 4.39 Å². The van der Waals surface area contributed by atoms with Gasteiger partial charge in [0.05, 0.1) is 46.2 Å². The predicted molar refractivity (Wildman–Crippen MR) is 226 cm³/mol. The van der Waals surface area contributed by atoms with Gasteiger partial charge in [-0.15, -0.1) is 0 Å². The topological polar surface area (TPSA) is 84.8 Å². The van der Waals surface area contributed by atoms with Crippen LogP contribution in [-0.4, -0.2) is 49.3 Å². The molecule has 1 unspecified atom stereocenters. The second kappa shape index (κ2) is 19.8. The summed E-state index contributed by atoms with van der Waals surface area (Å²) in [5.74, 6) is -1.34. The fourth-order valence-corrected chi connectivity index (χ4v) is 7.95. The average molecular weight is 811 g/mol. The molecule has 8 nitrogen and oxygen atoms in total. The molecule has 1 N–H and O–H groups in total. The van der Waals surface area contributed by atoms with Crippen molar-refractivity contribution in [2.24, 2.45) is 0 Å². The van der Waals surface area contributed by atoms with Crippen LogP contribution in [0, 0.1) is 5.82 Å². The van der Waals surface area contributed by atoms with Crippen molar-refractivity contribution < 1.29 is 42.7 Å². The third kappa shape index (κ3) is 9.96. The first kappa shape index (κ1) is 41.3. The molecule has 9 heteroatoms. The molecule has 2 aliphatic rings. The first-order valence-corrected chi connectivity index (χ1v) is 20.7. The number of aliphatic hydroxyl groups is 1. The van der Waals surface area contributed by atoms with Crippen molar-refractivity contribution in [3.63, 3.8) is 0 Å². The molecule has 2 aliphatic heterocycles. The van der Waals surface area contributed by atoms with Crippen molar-refractivity contribution in [3.8, 4) is 11.5 Å². The van der Waals surface area contributed by atoms with E-state index in [4.69, 9.17) is 33.2 Å². The Morgan fingerprint density at radius 3 is 1.80 bits per heavy atom. The number of fused-ring (bicyclic) bond motifs is 1. The van der Waals surface area contributed by atoms with Crippen molar-refractivity contribution >= 4 is 0 Å². The van der Waals surface area contributed by atoms with Gasteiger partial charge in [0.25, 0.3) is 0 Å². The SMILES string of the molecule is CCOc1ccc(Cc2cc(C3(O)O[C@H](COCc4ccccc4)[C@@H](OCc4ccccc4)[C@H](OCc4ccccc4)[C@H]3OCc3ccccc3)cc3c2OCC3)c(F)c1. The molecule has 5 atom stereocenters. The van der Waals surface area contributed by atoms with Gasteiger partial charge in [-0.2, -0.15) is 0 Å². The maximum atomic E-state index is 15.6. The van der Waals surface area contributed by atoms with Gasteiger partial charge in [-0.05, 0) is 64.1 Å². The quantitative estimate of drug-likeness (QED) is 0.0921. The lowest BCUT2D eigenvalue weighted by Crippen LogP contribution is -2.65. The molecule has 1 fully saturated rings. The van der Waals surface area contributed by atoms with E-state index in [1.165, 1.54) is 6.07 Å². The highest BCUT2D eigenvalue weighted by atomic mass is 19.1. The second-order valence-corrected chi connectivity index (χ2v) is 15.2. The Morgan fingerprint density at radius 1 is 0.650 bits per heavy atom. The summed E-state index contributed by atoms with van der Waals surface area (Å²) in [6, 6.07) is 48.2. The van der Waals surface area contributed by atoms with Gasteiger partial charge in [-0.3, -0.25) is 0 Å². The number of benzene rings is 6. The van der Waals surface area contributed by atoms with Crippen LogP contribution in [-0.2, 0) is 68.7 Å². The number of hydrogen-bond donors (Lipinski definition) is 1. The van der Waals surface area contributed by atoms with Gasteiger partial charge in [0.2, 0.25) is 5.79 Å². The van der Waals surface area contributed by atoms with E-state index in [9.17, 15) is 5.11 Å². The second-order valence-electron chi connectivity index (χ2n) is 15.2. The third-order valence-corrected chi connectivity index (χ3v) is 10.9. The molecule has 0 amide bonds. The number of halogens is 1. The average Bonchev–Trinajstić information content (AvgIpc) is 3.77. The third-order valence-electron chi connectivity index (χ3n) is 10.9. The Balaban J connectivity index is 1.21. The summed E-state index contributed by atoms with van der Waals surface area (Å²) >= 11 is 0. The van der Waals surface area contributed by atoms with Crippen LogP contribution in [0.1, 0.15) is 51.4 Å². The van der Waals surface area contributed by atoms with E-state index in [1.807, 2.05) is 140 Å². The summed E-state index contributed by atoms with van der Waals surface area (Å²) in [5, 5.41) is 13.4. The van der Waals surface area contributed by atoms with Gasteiger partial charge >= 0.3 is 0 Å². The lowest BCUT2D eigenvalue weighted by molar-refractivity contribution is -0.378. The van der Waals surface area contributed by atoms with Crippen LogP contribution >= 0.6 is 0 Å². The van der Waals surface area contributed by atoms with Gasteiger partial charge in [0.1, 0.15) is 41.7 Å². The molecule has 8 rings (SSSR count). The molecular weight excluding hydrogens is 760 g/mol. The van der Waals surface area contributed by atoms with E-state index in [0.717, 1.165) is 27.8 Å². The number of ether oxygens (including phenoxy) is 7. The molecule has 310 valence electrons. The van der Waals surface area contributed by atoms with Crippen LogP contribution in [0.5, 0.6) is 11.5 Å². The fourth-order valence-electron chi connectivity index (χ4n) is 7.95. The van der Waals surface area contributed by atoms with Crippen molar-refractivity contribution in [1.82, 2.24) is 0 Å². The highest BCUT2D eigenvalue weighted by Gasteiger charge is 2.57. The Labute approximate surface area is 351 Å². The van der Waals surface area contributed by atoms with Crippen LogP contribution in [0.15, 0.2) is 152 Å². The molecule has 6 aromatic rings. The summed E-state index contributed by atoms with van der Waals surface area (Å²) in [6.45, 7) is 3.78. The van der Waals surface area contributed by atoms with Crippen LogP contribution in [0.4, 0.5) is 4.39 Å². The molecule has 6 aromatic carbocycles.